The van der Waals surface area contributed by atoms with Gasteiger partial charge < -0.3 is 16.8 Å². The number of hydrogen-bond donors (Lipinski definition) is 3. The molecule has 5 heteroatoms. The molecule has 1 aromatic rings. The molecule has 0 aliphatic heterocycles. The first-order chi connectivity index (χ1) is 8.04. The Morgan fingerprint density at radius 3 is 2.71 bits per heavy atom. The molecule has 0 aliphatic rings. The number of benzene rings is 1. The van der Waals surface area contributed by atoms with Gasteiger partial charge in [0.05, 0.1) is 0 Å². The second-order valence-corrected chi connectivity index (χ2v) is 3.91. The zero-order valence-corrected chi connectivity index (χ0v) is 9.77. The molecule has 0 spiro atoms. The van der Waals surface area contributed by atoms with Gasteiger partial charge in [-0.15, -0.1) is 0 Å². The second kappa shape index (κ2) is 6.00. The molecule has 5 N–H and O–H groups in total. The minimum absolute atomic E-state index is 0.114. The van der Waals surface area contributed by atoms with Gasteiger partial charge in [0, 0.05) is 17.2 Å². The molecule has 0 saturated carbocycles. The smallest absolute Gasteiger partial charge is 0.248 e. The normalized spacial score (nSPS) is 11.9. The van der Waals surface area contributed by atoms with Crippen LogP contribution in [-0.4, -0.2) is 18.4 Å². The Balaban J connectivity index is 2.71. The third kappa shape index (κ3) is 3.88. The lowest BCUT2D eigenvalue weighted by Crippen LogP contribution is -2.23. The SMILES string of the molecule is CC(CCN)C(=O)Nc1cccc(C(N)=O)c1. The third-order valence-corrected chi connectivity index (χ3v) is 2.46. The molecule has 0 aromatic heterocycles. The van der Waals surface area contributed by atoms with Crippen molar-refractivity contribution in [2.24, 2.45) is 17.4 Å². The van der Waals surface area contributed by atoms with Crippen molar-refractivity contribution >= 4 is 17.5 Å². The van der Waals surface area contributed by atoms with E-state index in [9.17, 15) is 9.59 Å². The lowest BCUT2D eigenvalue weighted by Gasteiger charge is -2.11. The van der Waals surface area contributed by atoms with Crippen LogP contribution in [0.3, 0.4) is 0 Å². The monoisotopic (exact) mass is 235 g/mol. The maximum absolute atomic E-state index is 11.7. The van der Waals surface area contributed by atoms with Crippen molar-refractivity contribution < 1.29 is 9.59 Å². The highest BCUT2D eigenvalue weighted by Gasteiger charge is 2.12. The van der Waals surface area contributed by atoms with Gasteiger partial charge in [0.25, 0.3) is 0 Å². The fourth-order valence-electron chi connectivity index (χ4n) is 1.40. The van der Waals surface area contributed by atoms with E-state index in [2.05, 4.69) is 5.32 Å². The minimum Gasteiger partial charge on any atom is -0.366 e. The van der Waals surface area contributed by atoms with Gasteiger partial charge in [-0.2, -0.15) is 0 Å². The predicted octanol–water partition coefficient (Wildman–Crippen LogP) is 0.709. The number of amides is 2. The Hall–Kier alpha value is -1.88. The van der Waals surface area contributed by atoms with Crippen LogP contribution >= 0.6 is 0 Å². The summed E-state index contributed by atoms with van der Waals surface area (Å²) in [6.45, 7) is 2.27. The molecule has 0 saturated heterocycles. The molecule has 0 bridgehead atoms. The standard InChI is InChI=1S/C12H17N3O2/c1-8(5-6-13)12(17)15-10-4-2-3-9(7-10)11(14)16/h2-4,7-8H,5-6,13H2,1H3,(H2,14,16)(H,15,17). The van der Waals surface area contributed by atoms with Crippen molar-refractivity contribution in [2.45, 2.75) is 13.3 Å². The Morgan fingerprint density at radius 2 is 2.12 bits per heavy atom. The number of nitrogens with one attached hydrogen (secondary N) is 1. The summed E-state index contributed by atoms with van der Waals surface area (Å²) in [6, 6.07) is 6.53. The highest BCUT2D eigenvalue weighted by molar-refractivity contribution is 5.96. The number of carbonyl (C=O) groups is 2. The highest BCUT2D eigenvalue weighted by atomic mass is 16.2. The van der Waals surface area contributed by atoms with Crippen molar-refractivity contribution in [1.82, 2.24) is 0 Å². The summed E-state index contributed by atoms with van der Waals surface area (Å²) in [4.78, 5) is 22.7. The molecule has 2 amide bonds. The largest absolute Gasteiger partial charge is 0.366 e. The number of anilines is 1. The van der Waals surface area contributed by atoms with Crippen LogP contribution in [0.5, 0.6) is 0 Å². The summed E-state index contributed by atoms with van der Waals surface area (Å²) in [5, 5.41) is 2.72. The van der Waals surface area contributed by atoms with Crippen molar-refractivity contribution in [3.05, 3.63) is 29.8 Å². The Morgan fingerprint density at radius 1 is 1.41 bits per heavy atom. The van der Waals surface area contributed by atoms with E-state index in [4.69, 9.17) is 11.5 Å². The van der Waals surface area contributed by atoms with Crippen molar-refractivity contribution in [3.63, 3.8) is 0 Å². The summed E-state index contributed by atoms with van der Waals surface area (Å²) in [6.07, 6.45) is 0.626. The molecule has 17 heavy (non-hydrogen) atoms. The van der Waals surface area contributed by atoms with Crippen LogP contribution in [0.15, 0.2) is 24.3 Å². The molecule has 0 fully saturated rings. The topological polar surface area (TPSA) is 98.2 Å². The third-order valence-electron chi connectivity index (χ3n) is 2.46. The van der Waals surface area contributed by atoms with Gasteiger partial charge in [0.2, 0.25) is 11.8 Å². The Labute approximate surface area is 100 Å². The first-order valence-electron chi connectivity index (χ1n) is 5.45. The molecular formula is C12H17N3O2. The molecule has 0 heterocycles. The van der Waals surface area contributed by atoms with Gasteiger partial charge in [0.1, 0.15) is 0 Å². The fraction of sp³-hybridized carbons (Fsp3) is 0.333. The molecule has 1 unspecified atom stereocenters. The molecular weight excluding hydrogens is 218 g/mol. The van der Waals surface area contributed by atoms with Crippen LogP contribution in [0.25, 0.3) is 0 Å². The molecule has 0 radical (unpaired) electrons. The summed E-state index contributed by atoms with van der Waals surface area (Å²) < 4.78 is 0. The number of rotatable bonds is 5. The van der Waals surface area contributed by atoms with Crippen LogP contribution < -0.4 is 16.8 Å². The van der Waals surface area contributed by atoms with E-state index >= 15 is 0 Å². The Kier molecular flexibility index (Phi) is 4.66. The average molecular weight is 235 g/mol. The van der Waals surface area contributed by atoms with Crippen molar-refractivity contribution in [3.8, 4) is 0 Å². The van der Waals surface area contributed by atoms with E-state index < -0.39 is 5.91 Å². The van der Waals surface area contributed by atoms with Gasteiger partial charge in [-0.1, -0.05) is 13.0 Å². The minimum atomic E-state index is -0.517. The first kappa shape index (κ1) is 13.2. The van der Waals surface area contributed by atoms with Gasteiger partial charge in [0.15, 0.2) is 0 Å². The van der Waals surface area contributed by atoms with E-state index in [0.29, 0.717) is 24.2 Å². The first-order valence-corrected chi connectivity index (χ1v) is 5.45. The zero-order valence-electron chi connectivity index (χ0n) is 9.77. The van der Waals surface area contributed by atoms with Crippen LogP contribution in [-0.2, 0) is 4.79 Å². The highest BCUT2D eigenvalue weighted by Crippen LogP contribution is 2.12. The zero-order chi connectivity index (χ0) is 12.8. The quantitative estimate of drug-likeness (QED) is 0.700. The van der Waals surface area contributed by atoms with E-state index in [1.54, 1.807) is 31.2 Å². The van der Waals surface area contributed by atoms with Crippen LogP contribution in [0.4, 0.5) is 5.69 Å². The molecule has 5 nitrogen and oxygen atoms in total. The maximum atomic E-state index is 11.7. The number of carbonyl (C=O) groups excluding carboxylic acids is 2. The van der Waals surface area contributed by atoms with Gasteiger partial charge in [-0.25, -0.2) is 0 Å². The van der Waals surface area contributed by atoms with Gasteiger partial charge >= 0.3 is 0 Å². The summed E-state index contributed by atoms with van der Waals surface area (Å²) in [7, 11) is 0. The van der Waals surface area contributed by atoms with E-state index in [1.807, 2.05) is 0 Å². The van der Waals surface area contributed by atoms with Crippen LogP contribution in [0.2, 0.25) is 0 Å². The molecule has 1 atom stereocenters. The number of primary amides is 1. The molecule has 92 valence electrons. The molecule has 1 aromatic carbocycles. The average Bonchev–Trinajstić information content (AvgIpc) is 2.29. The van der Waals surface area contributed by atoms with Crippen LogP contribution in [0, 0.1) is 5.92 Å². The van der Waals surface area contributed by atoms with Crippen molar-refractivity contribution in [1.29, 1.82) is 0 Å². The lowest BCUT2D eigenvalue weighted by molar-refractivity contribution is -0.119. The maximum Gasteiger partial charge on any atom is 0.248 e. The summed E-state index contributed by atoms with van der Waals surface area (Å²) in [5.41, 5.74) is 11.5. The van der Waals surface area contributed by atoms with E-state index in [-0.39, 0.29) is 11.8 Å². The van der Waals surface area contributed by atoms with Gasteiger partial charge in [-0.3, -0.25) is 9.59 Å². The number of hydrogen-bond acceptors (Lipinski definition) is 3. The Bertz CT molecular complexity index is 418. The van der Waals surface area contributed by atoms with Crippen LogP contribution in [0.1, 0.15) is 23.7 Å². The van der Waals surface area contributed by atoms with E-state index in [0.717, 1.165) is 0 Å². The fourth-order valence-corrected chi connectivity index (χ4v) is 1.40. The molecule has 0 aliphatic carbocycles. The van der Waals surface area contributed by atoms with Crippen molar-refractivity contribution in [2.75, 3.05) is 11.9 Å². The molecule has 1 rings (SSSR count). The predicted molar refractivity (Wildman–Crippen MR) is 66.4 cm³/mol. The number of nitrogens with two attached hydrogens (primary N) is 2. The van der Waals surface area contributed by atoms with E-state index in [1.165, 1.54) is 0 Å². The summed E-state index contributed by atoms with van der Waals surface area (Å²) in [5.74, 6) is -0.787. The van der Waals surface area contributed by atoms with Gasteiger partial charge in [-0.05, 0) is 31.2 Å². The summed E-state index contributed by atoms with van der Waals surface area (Å²) >= 11 is 0. The second-order valence-electron chi connectivity index (χ2n) is 3.91. The lowest BCUT2D eigenvalue weighted by atomic mass is 10.1.